The van der Waals surface area contributed by atoms with Crippen molar-refractivity contribution in [3.05, 3.63) is 71.5 Å². The van der Waals surface area contributed by atoms with E-state index in [2.05, 4.69) is 16.8 Å². The highest BCUT2D eigenvalue weighted by molar-refractivity contribution is 7.87. The molecule has 0 bridgehead atoms. The van der Waals surface area contributed by atoms with Crippen molar-refractivity contribution >= 4 is 10.1 Å². The molecule has 0 saturated heterocycles. The molecule has 156 valence electrons. The van der Waals surface area contributed by atoms with Crippen LogP contribution in [0.4, 0.5) is 13.2 Å². The second-order valence-electron chi connectivity index (χ2n) is 6.51. The van der Waals surface area contributed by atoms with E-state index in [0.717, 1.165) is 29.5 Å². The van der Waals surface area contributed by atoms with Crippen LogP contribution in [0.15, 0.2) is 60.4 Å². The molecule has 0 fully saturated rings. The molecular weight excluding hydrogens is 389 g/mol. The van der Waals surface area contributed by atoms with E-state index in [1.807, 2.05) is 52.0 Å². The van der Waals surface area contributed by atoms with Gasteiger partial charge >= 0.3 is 15.6 Å². The molecule has 0 N–H and O–H groups in total. The zero-order chi connectivity index (χ0) is 21.6. The smallest absolute Gasteiger partial charge is 0.377 e. The fraction of sp³-hybridized carbons (Fsp3) is 0.429. The lowest BCUT2D eigenvalue weighted by Gasteiger charge is -2.34. The second kappa shape index (κ2) is 9.45. The van der Waals surface area contributed by atoms with Gasteiger partial charge in [0.1, 0.15) is 5.76 Å². The third-order valence-electron chi connectivity index (χ3n) is 4.70. The maximum Gasteiger partial charge on any atom is 0.534 e. The van der Waals surface area contributed by atoms with Crippen molar-refractivity contribution in [2.45, 2.75) is 57.9 Å². The van der Waals surface area contributed by atoms with Gasteiger partial charge in [0.05, 0.1) is 0 Å². The van der Waals surface area contributed by atoms with E-state index in [1.165, 1.54) is 6.08 Å². The molecule has 0 aliphatic carbocycles. The number of rotatable bonds is 9. The highest BCUT2D eigenvalue weighted by Gasteiger charge is 2.48. The Morgan fingerprint density at radius 1 is 1.14 bits per heavy atom. The van der Waals surface area contributed by atoms with Gasteiger partial charge in [-0.3, -0.25) is 0 Å². The fourth-order valence-corrected chi connectivity index (χ4v) is 3.65. The molecule has 0 aliphatic heterocycles. The summed E-state index contributed by atoms with van der Waals surface area (Å²) in [7, 11) is -5.73. The van der Waals surface area contributed by atoms with Crippen LogP contribution >= 0.6 is 0 Å². The van der Waals surface area contributed by atoms with Gasteiger partial charge in [0.15, 0.2) is 0 Å². The molecule has 1 aromatic carbocycles. The summed E-state index contributed by atoms with van der Waals surface area (Å²) < 4.78 is 63.8. The molecule has 0 unspecified atom stereocenters. The fourth-order valence-electron chi connectivity index (χ4n) is 3.22. The van der Waals surface area contributed by atoms with E-state index in [1.54, 1.807) is 6.08 Å². The van der Waals surface area contributed by atoms with Gasteiger partial charge in [-0.05, 0) is 43.4 Å². The van der Waals surface area contributed by atoms with Crippen LogP contribution in [-0.2, 0) is 19.7 Å². The zero-order valence-electron chi connectivity index (χ0n) is 16.6. The molecule has 28 heavy (non-hydrogen) atoms. The zero-order valence-corrected chi connectivity index (χ0v) is 17.5. The summed E-state index contributed by atoms with van der Waals surface area (Å²) in [5, 5.41) is 0. The first-order valence-corrected chi connectivity index (χ1v) is 10.5. The molecule has 7 heteroatoms. The SMILES string of the molecule is C=C(/C=C\C(=C/CC)C(CC)(CC)c1cccc(C)c1)OS(=O)(=O)C(F)(F)F. The van der Waals surface area contributed by atoms with E-state index in [0.29, 0.717) is 6.42 Å². The van der Waals surface area contributed by atoms with Gasteiger partial charge in [0.2, 0.25) is 0 Å². The van der Waals surface area contributed by atoms with Crippen molar-refractivity contribution in [3.8, 4) is 0 Å². The first-order valence-electron chi connectivity index (χ1n) is 9.09. The van der Waals surface area contributed by atoms with Crippen LogP contribution in [0.2, 0.25) is 0 Å². The summed E-state index contributed by atoms with van der Waals surface area (Å²) in [6, 6.07) is 8.08. The van der Waals surface area contributed by atoms with Gasteiger partial charge in [0, 0.05) is 5.41 Å². The summed E-state index contributed by atoms with van der Waals surface area (Å²) in [6.45, 7) is 11.3. The monoisotopic (exact) mass is 416 g/mol. The van der Waals surface area contributed by atoms with Gasteiger partial charge in [-0.1, -0.05) is 69.3 Å². The maximum atomic E-state index is 12.5. The Bertz CT molecular complexity index is 846. The lowest BCUT2D eigenvalue weighted by molar-refractivity contribution is -0.0519. The van der Waals surface area contributed by atoms with Gasteiger partial charge in [-0.15, -0.1) is 0 Å². The van der Waals surface area contributed by atoms with E-state index in [4.69, 9.17) is 0 Å². The average Bonchev–Trinajstić information content (AvgIpc) is 2.59. The summed E-state index contributed by atoms with van der Waals surface area (Å²) in [5.74, 6) is -0.593. The number of hydrogen-bond acceptors (Lipinski definition) is 3. The number of hydrogen-bond donors (Lipinski definition) is 0. The number of allylic oxidation sites excluding steroid dienone is 4. The summed E-state index contributed by atoms with van der Waals surface area (Å²) in [6.07, 6.45) is 6.97. The van der Waals surface area contributed by atoms with E-state index < -0.39 is 21.4 Å². The van der Waals surface area contributed by atoms with Crippen molar-refractivity contribution in [2.24, 2.45) is 0 Å². The summed E-state index contributed by atoms with van der Waals surface area (Å²) in [5.41, 5.74) is -2.78. The molecule has 3 nitrogen and oxygen atoms in total. The van der Waals surface area contributed by atoms with Crippen LogP contribution in [0.3, 0.4) is 0 Å². The second-order valence-corrected chi connectivity index (χ2v) is 8.05. The van der Waals surface area contributed by atoms with Crippen molar-refractivity contribution in [1.29, 1.82) is 0 Å². The van der Waals surface area contributed by atoms with E-state index in [-0.39, 0.29) is 5.41 Å². The largest absolute Gasteiger partial charge is 0.534 e. The normalized spacial score (nSPS) is 13.8. The standard InChI is InChI=1S/C21H27F3O3S/c1-6-10-18(14-13-17(5)27-28(25,26)21(22,23)24)20(7-2,8-3)19-12-9-11-16(4)15-19/h9-15H,5-8H2,1-4H3/b14-13-,18-10+. The molecule has 0 amide bonds. The van der Waals surface area contributed by atoms with E-state index >= 15 is 0 Å². The first-order chi connectivity index (χ1) is 12.9. The van der Waals surface area contributed by atoms with Gasteiger partial charge in [-0.25, -0.2) is 0 Å². The molecular formula is C21H27F3O3S. The molecule has 1 aromatic rings. The molecule has 0 radical (unpaired) electrons. The molecule has 0 aliphatic rings. The molecule has 0 spiro atoms. The minimum atomic E-state index is -5.73. The van der Waals surface area contributed by atoms with Crippen LogP contribution in [0.1, 0.15) is 51.2 Å². The molecule has 0 atom stereocenters. The predicted octanol–water partition coefficient (Wildman–Crippen LogP) is 6.33. The van der Waals surface area contributed by atoms with Gasteiger partial charge < -0.3 is 4.18 Å². The van der Waals surface area contributed by atoms with Crippen molar-refractivity contribution in [2.75, 3.05) is 0 Å². The Morgan fingerprint density at radius 2 is 1.75 bits per heavy atom. The average molecular weight is 417 g/mol. The van der Waals surface area contributed by atoms with Gasteiger partial charge in [0.25, 0.3) is 0 Å². The van der Waals surface area contributed by atoms with Crippen molar-refractivity contribution in [1.82, 2.24) is 0 Å². The van der Waals surface area contributed by atoms with Crippen LogP contribution < -0.4 is 0 Å². The summed E-state index contributed by atoms with van der Waals surface area (Å²) in [4.78, 5) is 0. The Balaban J connectivity index is 3.30. The molecule has 1 rings (SSSR count). The van der Waals surface area contributed by atoms with Gasteiger partial charge in [-0.2, -0.15) is 21.6 Å². The quantitative estimate of drug-likeness (QED) is 0.205. The Labute approximate surface area is 165 Å². The third kappa shape index (κ3) is 5.50. The van der Waals surface area contributed by atoms with Crippen molar-refractivity contribution in [3.63, 3.8) is 0 Å². The molecule has 0 heterocycles. The number of benzene rings is 1. The number of halogens is 3. The predicted molar refractivity (Wildman–Crippen MR) is 106 cm³/mol. The number of alkyl halides is 3. The highest BCUT2D eigenvalue weighted by atomic mass is 32.2. The number of aryl methyl sites for hydroxylation is 1. The molecule has 0 saturated carbocycles. The van der Waals surface area contributed by atoms with Crippen LogP contribution in [0.25, 0.3) is 0 Å². The summed E-state index contributed by atoms with van der Waals surface area (Å²) >= 11 is 0. The lowest BCUT2D eigenvalue weighted by Crippen LogP contribution is -2.27. The van der Waals surface area contributed by atoms with Crippen LogP contribution in [0.5, 0.6) is 0 Å². The Morgan fingerprint density at radius 3 is 2.21 bits per heavy atom. The topological polar surface area (TPSA) is 43.4 Å². The maximum absolute atomic E-state index is 12.5. The Hall–Kier alpha value is -2.02. The van der Waals surface area contributed by atoms with Crippen LogP contribution in [-0.4, -0.2) is 13.9 Å². The lowest BCUT2D eigenvalue weighted by atomic mass is 9.69. The molecule has 0 aromatic heterocycles. The van der Waals surface area contributed by atoms with Crippen molar-refractivity contribution < 1.29 is 25.8 Å². The first kappa shape index (κ1) is 24.0. The third-order valence-corrected chi connectivity index (χ3v) is 5.70. The minimum absolute atomic E-state index is 0.359. The minimum Gasteiger partial charge on any atom is -0.377 e. The van der Waals surface area contributed by atoms with Crippen LogP contribution in [0, 0.1) is 6.92 Å². The van der Waals surface area contributed by atoms with E-state index in [9.17, 15) is 21.6 Å². The Kier molecular flexibility index (Phi) is 8.11. The highest BCUT2D eigenvalue weighted by Crippen LogP contribution is 2.40.